The quantitative estimate of drug-likeness (QED) is 0.927. The molecule has 1 aliphatic rings. The predicted molar refractivity (Wildman–Crippen MR) is 82.4 cm³/mol. The van der Waals surface area contributed by atoms with Crippen LogP contribution in [0.2, 0.25) is 0 Å². The number of rotatable bonds is 4. The van der Waals surface area contributed by atoms with Crippen LogP contribution in [0.4, 0.5) is 10.5 Å². The maximum atomic E-state index is 12.0. The molecule has 1 aromatic heterocycles. The molecule has 0 unspecified atom stereocenters. The Morgan fingerprint density at radius 3 is 2.95 bits per heavy atom. The van der Waals surface area contributed by atoms with Gasteiger partial charge in [-0.2, -0.15) is 5.10 Å². The molecular formula is C15H26N4O2. The molecule has 0 aliphatic carbocycles. The van der Waals surface area contributed by atoms with Gasteiger partial charge < -0.3 is 15.0 Å². The minimum Gasteiger partial charge on any atom is -0.444 e. The van der Waals surface area contributed by atoms with E-state index in [0.717, 1.165) is 31.6 Å². The summed E-state index contributed by atoms with van der Waals surface area (Å²) in [5, 5.41) is 7.73. The van der Waals surface area contributed by atoms with Crippen LogP contribution < -0.4 is 5.32 Å². The molecule has 0 radical (unpaired) electrons. The van der Waals surface area contributed by atoms with E-state index < -0.39 is 5.60 Å². The third kappa shape index (κ3) is 4.65. The average molecular weight is 294 g/mol. The van der Waals surface area contributed by atoms with Crippen LogP contribution in [0, 0.1) is 0 Å². The number of carbonyl (C=O) groups excluding carboxylic acids is 1. The van der Waals surface area contributed by atoms with Gasteiger partial charge in [-0.3, -0.25) is 4.68 Å². The molecule has 0 spiro atoms. The highest BCUT2D eigenvalue weighted by atomic mass is 16.6. The molecule has 0 aromatic carbocycles. The Kier molecular flexibility index (Phi) is 4.75. The van der Waals surface area contributed by atoms with E-state index >= 15 is 0 Å². The second-order valence-corrected chi connectivity index (χ2v) is 6.55. The lowest BCUT2D eigenvalue weighted by atomic mass is 10.2. The van der Waals surface area contributed by atoms with Crippen molar-refractivity contribution in [2.45, 2.75) is 58.7 Å². The van der Waals surface area contributed by atoms with Gasteiger partial charge in [-0.25, -0.2) is 4.79 Å². The van der Waals surface area contributed by atoms with Gasteiger partial charge >= 0.3 is 6.09 Å². The summed E-state index contributed by atoms with van der Waals surface area (Å²) in [6.07, 6.45) is 5.62. The van der Waals surface area contributed by atoms with Gasteiger partial charge in [0.15, 0.2) is 0 Å². The molecule has 2 rings (SSSR count). The maximum absolute atomic E-state index is 12.0. The zero-order chi connectivity index (χ0) is 15.5. The first-order valence-electron chi connectivity index (χ1n) is 7.64. The molecule has 1 amide bonds. The monoisotopic (exact) mass is 294 g/mol. The minimum atomic E-state index is -0.441. The topological polar surface area (TPSA) is 59.4 Å². The lowest BCUT2D eigenvalue weighted by Crippen LogP contribution is -2.36. The third-order valence-electron chi connectivity index (χ3n) is 3.30. The van der Waals surface area contributed by atoms with Crippen molar-refractivity contribution in [2.24, 2.45) is 0 Å². The van der Waals surface area contributed by atoms with Gasteiger partial charge in [0.25, 0.3) is 0 Å². The van der Waals surface area contributed by atoms with Gasteiger partial charge in [0.1, 0.15) is 5.60 Å². The smallest absolute Gasteiger partial charge is 0.410 e. The zero-order valence-corrected chi connectivity index (χ0v) is 13.4. The molecule has 1 aromatic rings. The van der Waals surface area contributed by atoms with Gasteiger partial charge in [0, 0.05) is 31.9 Å². The fourth-order valence-corrected chi connectivity index (χ4v) is 2.40. The summed E-state index contributed by atoms with van der Waals surface area (Å²) in [4.78, 5) is 13.8. The second-order valence-electron chi connectivity index (χ2n) is 6.55. The van der Waals surface area contributed by atoms with Crippen molar-refractivity contribution < 1.29 is 9.53 Å². The van der Waals surface area contributed by atoms with Gasteiger partial charge in [0.05, 0.1) is 11.9 Å². The number of amides is 1. The SMILES string of the molecule is CCCn1cc(N[C@@H]2CCN(C(=O)OC(C)(C)C)C2)cn1. The number of ether oxygens (including phenoxy) is 1. The fourth-order valence-electron chi connectivity index (χ4n) is 2.40. The number of hydrogen-bond donors (Lipinski definition) is 1. The summed E-state index contributed by atoms with van der Waals surface area (Å²) in [6, 6.07) is 0.261. The molecule has 1 atom stereocenters. The van der Waals surface area contributed by atoms with Crippen molar-refractivity contribution >= 4 is 11.8 Å². The van der Waals surface area contributed by atoms with Gasteiger partial charge in [-0.1, -0.05) is 6.92 Å². The second kappa shape index (κ2) is 6.37. The minimum absolute atomic E-state index is 0.228. The number of carbonyl (C=O) groups is 1. The van der Waals surface area contributed by atoms with E-state index in [1.54, 1.807) is 4.90 Å². The Balaban J connectivity index is 1.83. The molecule has 0 saturated carbocycles. The van der Waals surface area contributed by atoms with Crippen LogP contribution in [0.1, 0.15) is 40.5 Å². The third-order valence-corrected chi connectivity index (χ3v) is 3.30. The largest absolute Gasteiger partial charge is 0.444 e. The highest BCUT2D eigenvalue weighted by Gasteiger charge is 2.29. The fraction of sp³-hybridized carbons (Fsp3) is 0.733. The summed E-state index contributed by atoms with van der Waals surface area (Å²) in [6.45, 7) is 10.1. The van der Waals surface area contributed by atoms with E-state index in [1.807, 2.05) is 37.8 Å². The van der Waals surface area contributed by atoms with Crippen LogP contribution in [-0.4, -0.2) is 45.5 Å². The van der Waals surface area contributed by atoms with E-state index in [-0.39, 0.29) is 12.1 Å². The molecule has 21 heavy (non-hydrogen) atoms. The summed E-state index contributed by atoms with van der Waals surface area (Å²) in [5.41, 5.74) is 0.573. The summed E-state index contributed by atoms with van der Waals surface area (Å²) in [5.74, 6) is 0. The summed E-state index contributed by atoms with van der Waals surface area (Å²) >= 11 is 0. The molecule has 1 fully saturated rings. The normalized spacial score (nSPS) is 18.9. The predicted octanol–water partition coefficient (Wildman–Crippen LogP) is 2.71. The van der Waals surface area contributed by atoms with Crippen molar-refractivity contribution in [3.05, 3.63) is 12.4 Å². The molecule has 0 bridgehead atoms. The van der Waals surface area contributed by atoms with Crippen LogP contribution >= 0.6 is 0 Å². The molecular weight excluding hydrogens is 268 g/mol. The number of likely N-dealkylation sites (tertiary alicyclic amines) is 1. The Hall–Kier alpha value is -1.72. The van der Waals surface area contributed by atoms with Crippen LogP contribution in [0.25, 0.3) is 0 Å². The van der Waals surface area contributed by atoms with E-state index in [9.17, 15) is 4.79 Å². The van der Waals surface area contributed by atoms with Gasteiger partial charge in [0.2, 0.25) is 0 Å². The molecule has 2 heterocycles. The van der Waals surface area contributed by atoms with Gasteiger partial charge in [-0.05, 0) is 33.6 Å². The van der Waals surface area contributed by atoms with E-state index in [4.69, 9.17) is 4.74 Å². The average Bonchev–Trinajstić information content (AvgIpc) is 2.98. The first-order chi connectivity index (χ1) is 9.87. The van der Waals surface area contributed by atoms with Crippen LogP contribution in [0.3, 0.4) is 0 Å². The van der Waals surface area contributed by atoms with Crippen LogP contribution in [0.15, 0.2) is 12.4 Å². The first-order valence-corrected chi connectivity index (χ1v) is 7.64. The van der Waals surface area contributed by atoms with E-state index in [1.165, 1.54) is 0 Å². The summed E-state index contributed by atoms with van der Waals surface area (Å²) < 4.78 is 7.33. The van der Waals surface area contributed by atoms with Crippen molar-refractivity contribution in [1.82, 2.24) is 14.7 Å². The Morgan fingerprint density at radius 2 is 2.29 bits per heavy atom. The Bertz CT molecular complexity index is 478. The standard InChI is InChI=1S/C15H26N4O2/c1-5-7-19-11-13(9-16-19)17-12-6-8-18(10-12)14(20)21-15(2,3)4/h9,11-12,17H,5-8,10H2,1-4H3/t12-/m1/s1. The number of aryl methyl sites for hydroxylation is 1. The number of nitrogens with zero attached hydrogens (tertiary/aromatic N) is 3. The molecule has 118 valence electrons. The number of anilines is 1. The lowest BCUT2D eigenvalue weighted by molar-refractivity contribution is 0.0293. The molecule has 1 aliphatic heterocycles. The highest BCUT2D eigenvalue weighted by Crippen LogP contribution is 2.18. The number of hydrogen-bond acceptors (Lipinski definition) is 4. The molecule has 6 heteroatoms. The van der Waals surface area contributed by atoms with Crippen molar-refractivity contribution in [3.8, 4) is 0 Å². The van der Waals surface area contributed by atoms with E-state index in [0.29, 0.717) is 6.54 Å². The maximum Gasteiger partial charge on any atom is 0.410 e. The van der Waals surface area contributed by atoms with Crippen molar-refractivity contribution in [2.75, 3.05) is 18.4 Å². The van der Waals surface area contributed by atoms with Crippen LogP contribution in [-0.2, 0) is 11.3 Å². The van der Waals surface area contributed by atoms with Crippen molar-refractivity contribution in [1.29, 1.82) is 0 Å². The van der Waals surface area contributed by atoms with Crippen LogP contribution in [0.5, 0.6) is 0 Å². The molecule has 1 saturated heterocycles. The van der Waals surface area contributed by atoms with Gasteiger partial charge in [-0.15, -0.1) is 0 Å². The lowest BCUT2D eigenvalue weighted by Gasteiger charge is -2.24. The number of nitrogens with one attached hydrogen (secondary N) is 1. The summed E-state index contributed by atoms with van der Waals surface area (Å²) in [7, 11) is 0. The molecule has 1 N–H and O–H groups in total. The Morgan fingerprint density at radius 1 is 1.52 bits per heavy atom. The van der Waals surface area contributed by atoms with E-state index in [2.05, 4.69) is 17.3 Å². The zero-order valence-electron chi connectivity index (χ0n) is 13.4. The Labute approximate surface area is 126 Å². The highest BCUT2D eigenvalue weighted by molar-refractivity contribution is 5.68. The number of aromatic nitrogens is 2. The van der Waals surface area contributed by atoms with Crippen molar-refractivity contribution in [3.63, 3.8) is 0 Å². The first kappa shape index (κ1) is 15.7. The molecule has 6 nitrogen and oxygen atoms in total.